The molecule has 0 bridgehead atoms. The standard InChI is InChI=1S/C15H19BN4O/c16-10-5-7-20(8-6-10)13-9-12(18-19-15(13)17)11-3-1-2-4-14(11)21/h1-4,9-10,21H,5-8,16H2,(H2,17,19). The molecule has 0 unspecified atom stereocenters. The lowest BCUT2D eigenvalue weighted by atomic mass is 9.79. The Bertz CT molecular complexity index is 641. The molecule has 0 saturated carbocycles. The van der Waals surface area contributed by atoms with Crippen molar-refractivity contribution < 1.29 is 5.11 Å². The number of aromatic hydroxyl groups is 1. The van der Waals surface area contributed by atoms with Crippen molar-refractivity contribution in [3.63, 3.8) is 0 Å². The summed E-state index contributed by atoms with van der Waals surface area (Å²) in [6, 6.07) is 9.06. The molecule has 3 N–H and O–H groups in total. The largest absolute Gasteiger partial charge is 0.507 e. The molecule has 21 heavy (non-hydrogen) atoms. The number of rotatable bonds is 2. The summed E-state index contributed by atoms with van der Waals surface area (Å²) in [6.45, 7) is 1.97. The number of benzene rings is 1. The van der Waals surface area contributed by atoms with Gasteiger partial charge in [-0.05, 0) is 31.0 Å². The highest BCUT2D eigenvalue weighted by molar-refractivity contribution is 6.11. The van der Waals surface area contributed by atoms with Crippen molar-refractivity contribution in [3.05, 3.63) is 30.3 Å². The Morgan fingerprint density at radius 1 is 1.19 bits per heavy atom. The summed E-state index contributed by atoms with van der Waals surface area (Å²) >= 11 is 0. The third-order valence-electron chi connectivity index (χ3n) is 4.11. The number of piperidine rings is 1. The van der Waals surface area contributed by atoms with Gasteiger partial charge in [-0.25, -0.2) is 0 Å². The molecule has 1 aromatic heterocycles. The van der Waals surface area contributed by atoms with Crippen LogP contribution >= 0.6 is 0 Å². The SMILES string of the molecule is BC1CCN(c2cc(-c3ccccc3O)nnc2N)CC1. The van der Waals surface area contributed by atoms with Gasteiger partial charge in [0, 0.05) is 18.7 Å². The number of nitrogens with two attached hydrogens (primary N) is 1. The second-order valence-electron chi connectivity index (χ2n) is 5.69. The summed E-state index contributed by atoms with van der Waals surface area (Å²) in [5.41, 5.74) is 8.23. The zero-order valence-corrected chi connectivity index (χ0v) is 12.2. The minimum Gasteiger partial charge on any atom is -0.507 e. The molecular formula is C15H19BN4O. The van der Waals surface area contributed by atoms with Gasteiger partial charge in [-0.2, -0.15) is 0 Å². The predicted molar refractivity (Wildman–Crippen MR) is 87.3 cm³/mol. The molecule has 0 atom stereocenters. The first-order valence-corrected chi connectivity index (χ1v) is 7.31. The van der Waals surface area contributed by atoms with E-state index in [0.717, 1.165) is 37.4 Å². The van der Waals surface area contributed by atoms with Crippen LogP contribution in [-0.4, -0.2) is 36.2 Å². The first-order chi connectivity index (χ1) is 10.1. The maximum absolute atomic E-state index is 9.96. The molecule has 0 spiro atoms. The minimum absolute atomic E-state index is 0.204. The third kappa shape index (κ3) is 2.79. The molecule has 6 heteroatoms. The number of phenols is 1. The number of hydrogen-bond acceptors (Lipinski definition) is 5. The Labute approximate surface area is 125 Å². The summed E-state index contributed by atoms with van der Waals surface area (Å²) in [7, 11) is 2.28. The first-order valence-electron chi connectivity index (χ1n) is 7.31. The van der Waals surface area contributed by atoms with Crippen LogP contribution in [0.4, 0.5) is 11.5 Å². The Kier molecular flexibility index (Phi) is 3.69. The van der Waals surface area contributed by atoms with Crippen molar-refractivity contribution in [3.8, 4) is 17.0 Å². The fourth-order valence-electron chi connectivity index (χ4n) is 2.72. The quantitative estimate of drug-likeness (QED) is 0.815. The smallest absolute Gasteiger partial charge is 0.169 e. The summed E-state index contributed by atoms with van der Waals surface area (Å²) in [5, 5.41) is 18.1. The topological polar surface area (TPSA) is 75.3 Å². The van der Waals surface area contributed by atoms with Gasteiger partial charge in [0.2, 0.25) is 0 Å². The minimum atomic E-state index is 0.204. The zero-order chi connectivity index (χ0) is 14.8. The van der Waals surface area contributed by atoms with Gasteiger partial charge in [-0.3, -0.25) is 0 Å². The van der Waals surface area contributed by atoms with Gasteiger partial charge in [-0.15, -0.1) is 10.2 Å². The van der Waals surface area contributed by atoms with Crippen molar-refractivity contribution in [2.24, 2.45) is 0 Å². The maximum atomic E-state index is 9.96. The van der Waals surface area contributed by atoms with E-state index < -0.39 is 0 Å². The molecule has 0 amide bonds. The monoisotopic (exact) mass is 282 g/mol. The molecule has 5 nitrogen and oxygen atoms in total. The second-order valence-corrected chi connectivity index (χ2v) is 5.69. The molecule has 2 heterocycles. The average molecular weight is 282 g/mol. The number of aromatic nitrogens is 2. The molecule has 0 radical (unpaired) electrons. The van der Waals surface area contributed by atoms with Gasteiger partial charge >= 0.3 is 0 Å². The van der Waals surface area contributed by atoms with Crippen LogP contribution < -0.4 is 10.6 Å². The highest BCUT2D eigenvalue weighted by Gasteiger charge is 2.19. The maximum Gasteiger partial charge on any atom is 0.169 e. The van der Waals surface area contributed by atoms with Gasteiger partial charge in [0.05, 0.1) is 11.4 Å². The van der Waals surface area contributed by atoms with E-state index in [1.165, 1.54) is 0 Å². The van der Waals surface area contributed by atoms with Gasteiger partial charge in [0.15, 0.2) is 5.82 Å². The predicted octanol–water partition coefficient (Wildman–Crippen LogP) is 1.45. The zero-order valence-electron chi connectivity index (χ0n) is 12.2. The molecule has 1 aliphatic heterocycles. The van der Waals surface area contributed by atoms with Crippen LogP contribution in [0.3, 0.4) is 0 Å². The van der Waals surface area contributed by atoms with Crippen molar-refractivity contribution in [1.29, 1.82) is 0 Å². The summed E-state index contributed by atoms with van der Waals surface area (Å²) in [6.07, 6.45) is 2.32. The van der Waals surface area contributed by atoms with Gasteiger partial charge in [0.25, 0.3) is 0 Å². The number of hydrogen-bond donors (Lipinski definition) is 2. The van der Waals surface area contributed by atoms with Crippen LogP contribution in [0, 0.1) is 0 Å². The Morgan fingerprint density at radius 3 is 2.62 bits per heavy atom. The van der Waals surface area contributed by atoms with Gasteiger partial charge in [-0.1, -0.05) is 17.9 Å². The van der Waals surface area contributed by atoms with Crippen LogP contribution in [0.2, 0.25) is 5.82 Å². The summed E-state index contributed by atoms with van der Waals surface area (Å²) in [4.78, 5) is 2.26. The fourth-order valence-corrected chi connectivity index (χ4v) is 2.72. The number of phenolic OH excluding ortho intramolecular Hbond substituents is 1. The Hall–Kier alpha value is -2.24. The van der Waals surface area contributed by atoms with Gasteiger partial charge < -0.3 is 15.7 Å². The van der Waals surface area contributed by atoms with E-state index in [2.05, 4.69) is 22.9 Å². The fraction of sp³-hybridized carbons (Fsp3) is 0.333. The molecule has 108 valence electrons. The lowest BCUT2D eigenvalue weighted by Gasteiger charge is -2.32. The van der Waals surface area contributed by atoms with Crippen molar-refractivity contribution >= 4 is 19.4 Å². The molecule has 3 rings (SSSR count). The third-order valence-corrected chi connectivity index (χ3v) is 4.11. The average Bonchev–Trinajstić information content (AvgIpc) is 2.50. The van der Waals surface area contributed by atoms with Crippen molar-refractivity contribution in [2.75, 3.05) is 23.7 Å². The molecule has 1 fully saturated rings. The molecule has 2 aromatic rings. The van der Waals surface area contributed by atoms with Crippen LogP contribution in [0.1, 0.15) is 12.8 Å². The van der Waals surface area contributed by atoms with E-state index in [4.69, 9.17) is 5.73 Å². The Morgan fingerprint density at radius 2 is 1.90 bits per heavy atom. The van der Waals surface area contributed by atoms with E-state index in [0.29, 0.717) is 17.1 Å². The highest BCUT2D eigenvalue weighted by Crippen LogP contribution is 2.33. The molecule has 0 aliphatic carbocycles. The lowest BCUT2D eigenvalue weighted by molar-refractivity contribution is 0.477. The van der Waals surface area contributed by atoms with Crippen LogP contribution in [-0.2, 0) is 0 Å². The van der Waals surface area contributed by atoms with Crippen molar-refractivity contribution in [1.82, 2.24) is 10.2 Å². The second kappa shape index (κ2) is 5.64. The van der Waals surface area contributed by atoms with Crippen molar-refractivity contribution in [2.45, 2.75) is 18.7 Å². The molecule has 1 saturated heterocycles. The van der Waals surface area contributed by atoms with E-state index >= 15 is 0 Å². The molecule has 1 aromatic carbocycles. The number of para-hydroxylation sites is 1. The van der Waals surface area contributed by atoms with E-state index in [1.54, 1.807) is 12.1 Å². The number of anilines is 2. The normalized spacial score (nSPS) is 16.1. The first kappa shape index (κ1) is 13.7. The Balaban J connectivity index is 1.95. The summed E-state index contributed by atoms with van der Waals surface area (Å²) in [5.74, 6) is 1.41. The molecular weight excluding hydrogens is 263 g/mol. The molecule has 1 aliphatic rings. The van der Waals surface area contributed by atoms with Crippen LogP contribution in [0.15, 0.2) is 30.3 Å². The number of nitrogen functional groups attached to an aromatic ring is 1. The van der Waals surface area contributed by atoms with E-state index in [9.17, 15) is 5.11 Å². The van der Waals surface area contributed by atoms with E-state index in [1.807, 2.05) is 18.2 Å². The number of nitrogens with zero attached hydrogens (tertiary/aromatic N) is 3. The lowest BCUT2D eigenvalue weighted by Crippen LogP contribution is -2.32. The highest BCUT2D eigenvalue weighted by atomic mass is 16.3. The van der Waals surface area contributed by atoms with Gasteiger partial charge in [0.1, 0.15) is 13.6 Å². The summed E-state index contributed by atoms with van der Waals surface area (Å²) < 4.78 is 0. The van der Waals surface area contributed by atoms with Crippen LogP contribution in [0.5, 0.6) is 5.75 Å². The van der Waals surface area contributed by atoms with Crippen LogP contribution in [0.25, 0.3) is 11.3 Å². The van der Waals surface area contributed by atoms with E-state index in [-0.39, 0.29) is 5.75 Å².